The predicted molar refractivity (Wildman–Crippen MR) is 205 cm³/mol. The Kier molecular flexibility index (Phi) is 4.54. The van der Waals surface area contributed by atoms with Gasteiger partial charge in [0, 0.05) is 10.9 Å². The van der Waals surface area contributed by atoms with Gasteiger partial charge in [0.05, 0.1) is 6.85 Å². The number of hydrogen-bond acceptors (Lipinski definition) is 1. The average molecular weight is 626 g/mol. The van der Waals surface area contributed by atoms with Gasteiger partial charge in [-0.15, -0.1) is 0 Å². The molecule has 0 amide bonds. The maximum atomic E-state index is 9.09. The largest absolute Gasteiger partial charge is 0.456 e. The van der Waals surface area contributed by atoms with Crippen LogP contribution in [0.25, 0.3) is 99.1 Å². The van der Waals surface area contributed by atoms with Gasteiger partial charge < -0.3 is 4.74 Å². The van der Waals surface area contributed by atoms with Crippen molar-refractivity contribution in [2.45, 2.75) is 0 Å². The summed E-state index contributed by atoms with van der Waals surface area (Å²) in [6.07, 6.45) is 0. The third-order valence-electron chi connectivity index (χ3n) is 10.3. The van der Waals surface area contributed by atoms with Crippen molar-refractivity contribution in [3.63, 3.8) is 0 Å². The molecule has 0 unspecified atom stereocenters. The Balaban J connectivity index is 1.15. The van der Waals surface area contributed by atoms with Crippen molar-refractivity contribution in [2.75, 3.05) is 0 Å². The first-order chi connectivity index (χ1) is 26.4. The van der Waals surface area contributed by atoms with E-state index in [-0.39, 0.29) is 29.7 Å². The third-order valence-corrected chi connectivity index (χ3v) is 10.3. The molecule has 0 fully saturated rings. The van der Waals surface area contributed by atoms with Crippen LogP contribution in [0.2, 0.25) is 0 Å². The van der Waals surface area contributed by atoms with E-state index in [1.807, 2.05) is 36.4 Å². The summed E-state index contributed by atoms with van der Waals surface area (Å²) in [7, 11) is 0. The minimum absolute atomic E-state index is 0.205. The predicted octanol–water partition coefficient (Wildman–Crippen LogP) is 13.6. The Morgan fingerprint density at radius 3 is 1.63 bits per heavy atom. The first-order valence-corrected chi connectivity index (χ1v) is 16.5. The quantitative estimate of drug-likeness (QED) is 0.190. The van der Waals surface area contributed by atoms with E-state index in [1.54, 1.807) is 0 Å². The van der Waals surface area contributed by atoms with Crippen molar-refractivity contribution in [1.29, 1.82) is 0 Å². The lowest BCUT2D eigenvalue weighted by atomic mass is 9.82. The van der Waals surface area contributed by atoms with Crippen molar-refractivity contribution in [3.05, 3.63) is 170 Å². The molecule has 1 aliphatic carbocycles. The Labute approximate surface area is 291 Å². The summed E-state index contributed by atoms with van der Waals surface area (Å²) in [4.78, 5) is 0. The second-order valence-corrected chi connectivity index (χ2v) is 12.8. The summed E-state index contributed by atoms with van der Waals surface area (Å²) in [5.74, 6) is 1.72. The highest BCUT2D eigenvalue weighted by atomic mass is 16.5. The minimum Gasteiger partial charge on any atom is -0.456 e. The molecule has 1 heteroatoms. The van der Waals surface area contributed by atoms with Gasteiger partial charge in [0.2, 0.25) is 0 Å². The van der Waals surface area contributed by atoms with Crippen LogP contribution in [0.5, 0.6) is 11.5 Å². The molecule has 1 aliphatic heterocycles. The zero-order chi connectivity index (χ0) is 36.4. The normalized spacial score (nSPS) is 13.7. The molecule has 0 radical (unpaired) electrons. The van der Waals surface area contributed by atoms with Crippen LogP contribution in [0.15, 0.2) is 170 Å². The van der Waals surface area contributed by atoms with Crippen LogP contribution in [0.1, 0.15) is 6.85 Å². The molecule has 226 valence electrons. The first-order valence-electron chi connectivity index (χ1n) is 19.0. The lowest BCUT2D eigenvalue weighted by molar-refractivity contribution is 0.487. The summed E-state index contributed by atoms with van der Waals surface area (Å²) in [5.41, 5.74) is 11.3. The highest BCUT2D eigenvalue weighted by Gasteiger charge is 2.30. The van der Waals surface area contributed by atoms with Crippen LogP contribution in [0.4, 0.5) is 0 Å². The molecule has 0 atom stereocenters. The number of fused-ring (bicyclic) bond motifs is 6. The highest BCUT2D eigenvalue weighted by molar-refractivity contribution is 6.27. The standard InChI is InChI=1S/C48H28O/c1-2-10-32(11-3-1)45-35-16-4-5-17-36(35)46(48-39-20-8-13-30-12-7-19-38(43(30)39)47(45)48)33-24-22-29(23-25-33)34-26-27-41-40(28-34)37-18-6-14-31-15-9-21-42(49-41)44(31)37/h1-28H/i1D,2D,3D,10D,11D. The summed E-state index contributed by atoms with van der Waals surface area (Å²) < 4.78 is 50.1. The molecule has 49 heavy (non-hydrogen) atoms. The zero-order valence-electron chi connectivity index (χ0n) is 31.2. The number of rotatable bonds is 3. The van der Waals surface area contributed by atoms with E-state index in [4.69, 9.17) is 11.6 Å². The van der Waals surface area contributed by atoms with Crippen LogP contribution >= 0.6 is 0 Å². The van der Waals surface area contributed by atoms with E-state index < -0.39 is 6.04 Å². The molecule has 0 saturated carbocycles. The maximum Gasteiger partial charge on any atom is 0.135 e. The van der Waals surface area contributed by atoms with Crippen molar-refractivity contribution < 1.29 is 11.6 Å². The molecule has 0 spiro atoms. The van der Waals surface area contributed by atoms with E-state index in [0.29, 0.717) is 5.56 Å². The molecule has 1 nitrogen and oxygen atoms in total. The van der Waals surface area contributed by atoms with Gasteiger partial charge in [0.1, 0.15) is 11.5 Å². The zero-order valence-corrected chi connectivity index (χ0v) is 26.2. The molecular weight excluding hydrogens is 593 g/mol. The van der Waals surface area contributed by atoms with Crippen LogP contribution in [0, 0.1) is 0 Å². The molecule has 0 N–H and O–H groups in total. The van der Waals surface area contributed by atoms with Gasteiger partial charge in [-0.2, -0.15) is 0 Å². The van der Waals surface area contributed by atoms with E-state index in [1.165, 1.54) is 0 Å². The Morgan fingerprint density at radius 1 is 0.367 bits per heavy atom. The fourth-order valence-corrected chi connectivity index (χ4v) is 8.24. The van der Waals surface area contributed by atoms with Gasteiger partial charge in [-0.05, 0) is 106 Å². The molecule has 0 bridgehead atoms. The van der Waals surface area contributed by atoms with Crippen LogP contribution in [-0.4, -0.2) is 0 Å². The van der Waals surface area contributed by atoms with Gasteiger partial charge in [-0.1, -0.05) is 152 Å². The Morgan fingerprint density at radius 2 is 0.939 bits per heavy atom. The number of benzene rings is 9. The minimum atomic E-state index is -0.398. The van der Waals surface area contributed by atoms with Crippen LogP contribution in [0.3, 0.4) is 0 Å². The monoisotopic (exact) mass is 625 g/mol. The molecule has 9 aromatic rings. The van der Waals surface area contributed by atoms with Crippen LogP contribution < -0.4 is 4.74 Å². The van der Waals surface area contributed by atoms with Gasteiger partial charge in [-0.3, -0.25) is 0 Å². The molecule has 11 rings (SSSR count). The molecule has 0 saturated heterocycles. The highest BCUT2D eigenvalue weighted by Crippen LogP contribution is 2.57. The van der Waals surface area contributed by atoms with E-state index >= 15 is 0 Å². The summed E-state index contributed by atoms with van der Waals surface area (Å²) in [6.45, 7) is 0. The summed E-state index contributed by atoms with van der Waals surface area (Å²) in [6, 6.07) is 46.8. The van der Waals surface area contributed by atoms with Gasteiger partial charge in [0.15, 0.2) is 0 Å². The van der Waals surface area contributed by atoms with Crippen molar-refractivity contribution in [3.8, 4) is 78.3 Å². The van der Waals surface area contributed by atoms with Crippen molar-refractivity contribution >= 4 is 32.3 Å². The van der Waals surface area contributed by atoms with E-state index in [0.717, 1.165) is 99.5 Å². The fourth-order valence-electron chi connectivity index (χ4n) is 8.24. The maximum absolute atomic E-state index is 9.09. The molecular formula is C48H28O. The molecule has 2 aliphatic rings. The van der Waals surface area contributed by atoms with Gasteiger partial charge in [0.25, 0.3) is 0 Å². The Bertz CT molecular complexity index is 3090. The average Bonchev–Trinajstić information content (AvgIpc) is 3.54. The summed E-state index contributed by atoms with van der Waals surface area (Å²) in [5, 5.41) is 6.26. The Hall–Kier alpha value is -6.44. The second-order valence-electron chi connectivity index (χ2n) is 12.8. The SMILES string of the molecule is [2H]c1c([2H])c([2H])c(-c2c3c(c(-c4ccc(-c5ccc6c(c5)-c5cccc7cccc(c57)O6)cc4)c4ccccc24)-c2cccc4cccc-3c24)c([2H])c1[2H]. The third kappa shape index (κ3) is 3.76. The van der Waals surface area contributed by atoms with Gasteiger partial charge in [-0.25, -0.2) is 0 Å². The molecule has 9 aromatic carbocycles. The summed E-state index contributed by atoms with van der Waals surface area (Å²) >= 11 is 0. The molecule has 0 aromatic heterocycles. The molecule has 1 heterocycles. The van der Waals surface area contributed by atoms with Crippen molar-refractivity contribution in [2.24, 2.45) is 0 Å². The number of ether oxygens (including phenoxy) is 1. The lowest BCUT2D eigenvalue weighted by Crippen LogP contribution is -1.97. The number of hydrogen-bond donors (Lipinski definition) is 0. The topological polar surface area (TPSA) is 9.23 Å². The lowest BCUT2D eigenvalue weighted by Gasteiger charge is -2.22. The fraction of sp³-hybridized carbons (Fsp3) is 0. The van der Waals surface area contributed by atoms with E-state index in [2.05, 4.69) is 103 Å². The second kappa shape index (κ2) is 10.0. The first kappa shape index (κ1) is 22.2. The van der Waals surface area contributed by atoms with Crippen molar-refractivity contribution in [1.82, 2.24) is 0 Å². The smallest absolute Gasteiger partial charge is 0.135 e. The van der Waals surface area contributed by atoms with Gasteiger partial charge >= 0.3 is 0 Å². The van der Waals surface area contributed by atoms with Crippen LogP contribution in [-0.2, 0) is 0 Å². The van der Waals surface area contributed by atoms with E-state index in [9.17, 15) is 0 Å².